The third-order valence-corrected chi connectivity index (χ3v) is 2.96. The lowest BCUT2D eigenvalue weighted by atomic mass is 10.1. The Balaban J connectivity index is 0.000000357. The van der Waals surface area contributed by atoms with Crippen LogP contribution >= 0.6 is 0 Å². The van der Waals surface area contributed by atoms with Gasteiger partial charge in [-0.15, -0.1) is 0 Å². The minimum absolute atomic E-state index is 0.404. The van der Waals surface area contributed by atoms with E-state index in [-0.39, 0.29) is 0 Å². The van der Waals surface area contributed by atoms with Crippen LogP contribution in [-0.4, -0.2) is 35.3 Å². The summed E-state index contributed by atoms with van der Waals surface area (Å²) in [6.45, 7) is 2.71. The van der Waals surface area contributed by atoms with E-state index in [1.165, 1.54) is 12.8 Å². The van der Waals surface area contributed by atoms with Crippen LogP contribution in [0.2, 0.25) is 0 Å². The van der Waals surface area contributed by atoms with Crippen molar-refractivity contribution in [1.29, 1.82) is 0 Å². The van der Waals surface area contributed by atoms with Gasteiger partial charge in [-0.25, -0.2) is 5.84 Å². The zero-order valence-corrected chi connectivity index (χ0v) is 10.8. The number of carbonyl (C=O) groups is 1. The molecule has 0 aromatic heterocycles. The van der Waals surface area contributed by atoms with Crippen LogP contribution in [-0.2, 0) is 9.53 Å². The molecule has 6 nitrogen and oxygen atoms in total. The number of allylic oxidation sites excluding steroid dienone is 1. The molecule has 1 heterocycles. The Morgan fingerprint density at radius 1 is 1.33 bits per heavy atom. The maximum atomic E-state index is 9.00. The Bertz CT molecular complexity index is 293. The smallest absolute Gasteiger partial charge is 0.300 e. The number of carboxylic acid groups (broad SMARTS) is 1. The van der Waals surface area contributed by atoms with Crippen molar-refractivity contribution in [2.45, 2.75) is 38.6 Å². The monoisotopic (exact) mass is 257 g/mol. The molecule has 0 bridgehead atoms. The van der Waals surface area contributed by atoms with Gasteiger partial charge in [0.25, 0.3) is 5.97 Å². The van der Waals surface area contributed by atoms with Gasteiger partial charge in [0.05, 0.1) is 0 Å². The Morgan fingerprint density at radius 2 is 1.83 bits per heavy atom. The summed E-state index contributed by atoms with van der Waals surface area (Å²) in [5.74, 6) is 5.70. The van der Waals surface area contributed by atoms with E-state index in [0.717, 1.165) is 38.7 Å². The van der Waals surface area contributed by atoms with Crippen molar-refractivity contribution in [3.8, 4) is 0 Å². The molecule has 2 aliphatic rings. The van der Waals surface area contributed by atoms with E-state index >= 15 is 0 Å². The molecule has 2 fully saturated rings. The molecule has 1 saturated carbocycles. The number of nitrogens with zero attached hydrogens (tertiary/aromatic N) is 1. The SMILES string of the molecule is CC(=O)O.N/C(=C\N(N)C1CCOCC1)C1CC1. The fourth-order valence-electron chi connectivity index (χ4n) is 1.78. The third-order valence-electron chi connectivity index (χ3n) is 2.96. The molecule has 1 saturated heterocycles. The van der Waals surface area contributed by atoms with E-state index in [9.17, 15) is 0 Å². The summed E-state index contributed by atoms with van der Waals surface area (Å²) in [5, 5.41) is 9.19. The van der Waals surface area contributed by atoms with Crippen molar-refractivity contribution in [3.05, 3.63) is 11.9 Å². The summed E-state index contributed by atoms with van der Waals surface area (Å²) in [7, 11) is 0. The fourth-order valence-corrected chi connectivity index (χ4v) is 1.78. The topological polar surface area (TPSA) is 102 Å². The highest BCUT2D eigenvalue weighted by atomic mass is 16.5. The summed E-state index contributed by atoms with van der Waals surface area (Å²) in [5.41, 5.74) is 6.84. The second-order valence-corrected chi connectivity index (χ2v) is 4.71. The van der Waals surface area contributed by atoms with Crippen molar-refractivity contribution >= 4 is 5.97 Å². The van der Waals surface area contributed by atoms with Crippen molar-refractivity contribution in [2.24, 2.45) is 17.5 Å². The normalized spacial score (nSPS) is 20.9. The van der Waals surface area contributed by atoms with Gasteiger partial charge in [-0.3, -0.25) is 4.79 Å². The maximum absolute atomic E-state index is 9.00. The second kappa shape index (κ2) is 7.23. The molecule has 1 aliphatic heterocycles. The fraction of sp³-hybridized carbons (Fsp3) is 0.750. The maximum Gasteiger partial charge on any atom is 0.300 e. The minimum atomic E-state index is -0.833. The molecule has 1 aliphatic carbocycles. The molecule has 0 unspecified atom stereocenters. The largest absolute Gasteiger partial charge is 0.481 e. The van der Waals surface area contributed by atoms with Gasteiger partial charge in [-0.2, -0.15) is 0 Å². The van der Waals surface area contributed by atoms with Crippen LogP contribution in [0.4, 0.5) is 0 Å². The quantitative estimate of drug-likeness (QED) is 0.506. The predicted molar refractivity (Wildman–Crippen MR) is 68.2 cm³/mol. The van der Waals surface area contributed by atoms with Crippen LogP contribution in [0, 0.1) is 5.92 Å². The van der Waals surface area contributed by atoms with Crippen LogP contribution in [0.5, 0.6) is 0 Å². The number of aliphatic carboxylic acids is 1. The first-order valence-corrected chi connectivity index (χ1v) is 6.28. The van der Waals surface area contributed by atoms with Gasteiger partial charge in [0.2, 0.25) is 0 Å². The highest BCUT2D eigenvalue weighted by Gasteiger charge is 2.25. The van der Waals surface area contributed by atoms with E-state index in [1.54, 1.807) is 5.01 Å². The highest BCUT2D eigenvalue weighted by molar-refractivity contribution is 5.62. The number of ether oxygens (including phenoxy) is 1. The van der Waals surface area contributed by atoms with Gasteiger partial charge in [-0.05, 0) is 25.7 Å². The standard InChI is InChI=1S/C10H19N3O.C2H4O2/c11-10(8-1-2-8)7-13(12)9-3-5-14-6-4-9;1-2(3)4/h7-9H,1-6,11-12H2;1H3,(H,3,4)/b10-7-;. The van der Waals surface area contributed by atoms with Crippen molar-refractivity contribution in [3.63, 3.8) is 0 Å². The molecule has 0 atom stereocenters. The predicted octanol–water partition coefficient (Wildman–Crippen LogP) is 0.642. The number of nitrogens with two attached hydrogens (primary N) is 2. The molecule has 18 heavy (non-hydrogen) atoms. The molecular formula is C12H23N3O3. The van der Waals surface area contributed by atoms with Gasteiger partial charge in [0, 0.05) is 44.0 Å². The highest BCUT2D eigenvalue weighted by Crippen LogP contribution is 2.33. The van der Waals surface area contributed by atoms with E-state index in [4.69, 9.17) is 26.2 Å². The van der Waals surface area contributed by atoms with Gasteiger partial charge in [-0.1, -0.05) is 0 Å². The van der Waals surface area contributed by atoms with Gasteiger partial charge in [0.15, 0.2) is 0 Å². The summed E-state index contributed by atoms with van der Waals surface area (Å²) < 4.78 is 5.28. The average Bonchev–Trinajstić information content (AvgIpc) is 3.13. The summed E-state index contributed by atoms with van der Waals surface area (Å²) >= 11 is 0. The molecule has 0 spiro atoms. The van der Waals surface area contributed by atoms with Crippen LogP contribution < -0.4 is 11.6 Å². The van der Waals surface area contributed by atoms with Crippen LogP contribution in [0.15, 0.2) is 11.9 Å². The van der Waals surface area contributed by atoms with Gasteiger partial charge in [0.1, 0.15) is 0 Å². The molecule has 2 rings (SSSR count). The van der Waals surface area contributed by atoms with E-state index in [0.29, 0.717) is 12.0 Å². The zero-order chi connectivity index (χ0) is 13.5. The molecule has 0 aromatic rings. The van der Waals surface area contributed by atoms with E-state index < -0.39 is 5.97 Å². The van der Waals surface area contributed by atoms with Gasteiger partial charge >= 0.3 is 0 Å². The lowest BCUT2D eigenvalue weighted by molar-refractivity contribution is -0.134. The molecule has 5 N–H and O–H groups in total. The Labute approximate surface area is 108 Å². The second-order valence-electron chi connectivity index (χ2n) is 4.71. The first kappa shape index (κ1) is 14.8. The Morgan fingerprint density at radius 3 is 2.28 bits per heavy atom. The van der Waals surface area contributed by atoms with Crippen LogP contribution in [0.1, 0.15) is 32.6 Å². The third kappa shape index (κ3) is 5.88. The van der Waals surface area contributed by atoms with Crippen LogP contribution in [0.25, 0.3) is 0 Å². The molecule has 0 radical (unpaired) electrons. The molecule has 6 heteroatoms. The summed E-state index contributed by atoms with van der Waals surface area (Å²) in [6.07, 6.45) is 6.37. The number of carboxylic acids is 1. The first-order chi connectivity index (χ1) is 8.50. The van der Waals surface area contributed by atoms with Gasteiger partial charge < -0.3 is 20.6 Å². The lowest BCUT2D eigenvalue weighted by Gasteiger charge is -2.29. The molecular weight excluding hydrogens is 234 g/mol. The minimum Gasteiger partial charge on any atom is -0.481 e. The van der Waals surface area contributed by atoms with Crippen molar-refractivity contribution < 1.29 is 14.6 Å². The zero-order valence-electron chi connectivity index (χ0n) is 10.8. The Hall–Kier alpha value is -1.27. The van der Waals surface area contributed by atoms with E-state index in [1.807, 2.05) is 6.20 Å². The van der Waals surface area contributed by atoms with E-state index in [2.05, 4.69) is 0 Å². The number of hydrazine groups is 1. The summed E-state index contributed by atoms with van der Waals surface area (Å²) in [4.78, 5) is 9.00. The molecule has 104 valence electrons. The number of hydrogen-bond donors (Lipinski definition) is 3. The molecule has 0 amide bonds. The Kier molecular flexibility index (Phi) is 5.94. The van der Waals surface area contributed by atoms with Crippen LogP contribution in [0.3, 0.4) is 0 Å². The summed E-state index contributed by atoms with van der Waals surface area (Å²) in [6, 6.07) is 0.404. The first-order valence-electron chi connectivity index (χ1n) is 6.28. The molecule has 0 aromatic carbocycles. The average molecular weight is 257 g/mol. The van der Waals surface area contributed by atoms with Crippen molar-refractivity contribution in [2.75, 3.05) is 13.2 Å². The number of rotatable bonds is 3. The lowest BCUT2D eigenvalue weighted by Crippen LogP contribution is -2.41. The van der Waals surface area contributed by atoms with Crippen molar-refractivity contribution in [1.82, 2.24) is 5.01 Å². The number of hydrogen-bond acceptors (Lipinski definition) is 5.